The highest BCUT2D eigenvalue weighted by molar-refractivity contribution is 6.76. The molecule has 0 aromatic heterocycles. The lowest BCUT2D eigenvalue weighted by molar-refractivity contribution is -0.244. The third-order valence-corrected chi connectivity index (χ3v) is 10.6. The van der Waals surface area contributed by atoms with Gasteiger partial charge in [0, 0.05) is 13.6 Å². The number of rotatable bonds is 7. The number of esters is 2. The molecular formula is C29H35Cl3O10Si. The van der Waals surface area contributed by atoms with Gasteiger partial charge in [0.05, 0.1) is 13.7 Å². The number of carbonyl (C=O) groups excluding carboxylic acids is 4. The Bertz CT molecular complexity index is 1460. The van der Waals surface area contributed by atoms with Crippen LogP contribution >= 0.6 is 34.8 Å². The summed E-state index contributed by atoms with van der Waals surface area (Å²) in [5, 5.41) is 0. The third-order valence-electron chi connectivity index (χ3n) is 8.54. The number of carbonyl (C=O) groups is 4. The summed E-state index contributed by atoms with van der Waals surface area (Å²) >= 11 is 17.4. The predicted octanol–water partition coefficient (Wildman–Crippen LogP) is 6.18. The van der Waals surface area contributed by atoms with Crippen molar-refractivity contribution in [1.29, 1.82) is 0 Å². The molecule has 1 saturated heterocycles. The van der Waals surface area contributed by atoms with Crippen LogP contribution in [0.3, 0.4) is 0 Å². The van der Waals surface area contributed by atoms with Gasteiger partial charge in [-0.3, -0.25) is 4.79 Å². The van der Waals surface area contributed by atoms with Gasteiger partial charge in [-0.05, 0) is 63.8 Å². The highest BCUT2D eigenvalue weighted by Crippen LogP contribution is 2.62. The molecule has 10 nitrogen and oxygen atoms in total. The average Bonchev–Trinajstić information content (AvgIpc) is 3.15. The molecule has 0 unspecified atom stereocenters. The van der Waals surface area contributed by atoms with E-state index in [9.17, 15) is 19.2 Å². The summed E-state index contributed by atoms with van der Waals surface area (Å²) in [5.74, 6) is -3.92. The van der Waals surface area contributed by atoms with Crippen LogP contribution in [-0.2, 0) is 35.0 Å². The lowest BCUT2D eigenvalue weighted by Crippen LogP contribution is -2.72. The van der Waals surface area contributed by atoms with E-state index >= 15 is 0 Å². The molecule has 1 aliphatic carbocycles. The third kappa shape index (κ3) is 5.30. The van der Waals surface area contributed by atoms with E-state index in [1.54, 1.807) is 27.7 Å². The molecule has 2 aliphatic heterocycles. The number of methoxy groups -OCH3 is 1. The summed E-state index contributed by atoms with van der Waals surface area (Å²) in [4.78, 5) is 53.9. The van der Waals surface area contributed by atoms with Crippen molar-refractivity contribution in [2.24, 2.45) is 5.41 Å². The van der Waals surface area contributed by atoms with Crippen molar-refractivity contribution in [1.82, 2.24) is 0 Å². The second kappa shape index (κ2) is 10.9. The maximum Gasteiger partial charge on any atom is 0.512 e. The molecule has 1 fully saturated rings. The highest BCUT2D eigenvalue weighted by atomic mass is 35.6. The molecular weight excluding hydrogens is 643 g/mol. The number of hydrogen-bond acceptors (Lipinski definition) is 10. The zero-order chi connectivity index (χ0) is 32.5. The van der Waals surface area contributed by atoms with Crippen LogP contribution < -0.4 is 9.47 Å². The van der Waals surface area contributed by atoms with Gasteiger partial charge in [0.2, 0.25) is 9.39 Å². The monoisotopic (exact) mass is 676 g/mol. The summed E-state index contributed by atoms with van der Waals surface area (Å²) < 4.78 is 32.6. The Morgan fingerprint density at radius 2 is 1.58 bits per heavy atom. The van der Waals surface area contributed by atoms with Crippen LogP contribution in [0.5, 0.6) is 11.5 Å². The van der Waals surface area contributed by atoms with Gasteiger partial charge in [0.1, 0.15) is 34.7 Å². The number of ketones is 1. The lowest BCUT2D eigenvalue weighted by Gasteiger charge is -2.54. The van der Waals surface area contributed by atoms with Gasteiger partial charge in [-0.2, -0.15) is 0 Å². The van der Waals surface area contributed by atoms with E-state index in [1.807, 2.05) is 0 Å². The van der Waals surface area contributed by atoms with Gasteiger partial charge >= 0.3 is 23.9 Å². The molecule has 1 aromatic rings. The number of halogens is 3. The van der Waals surface area contributed by atoms with E-state index in [0.717, 1.165) is 0 Å². The standard InChI is InChI=1S/C29H35Cl3O10Si/c1-14-17-12-26(4)22(33)19(24(35)38-10-11-43(7,8)9)16(3)27(5)29(26,42-25(36)41-27)40-20(17)15(2)21(37-6)18(14)23(34)39-13-28(30,31)32/h10-13H2,1-9H3/t26-,27+,29-/m0/s1. The first kappa shape index (κ1) is 33.4. The quantitative estimate of drug-likeness (QED) is 0.109. The molecule has 0 radical (unpaired) electrons. The molecule has 236 valence electrons. The minimum atomic E-state index is -1.99. The minimum Gasteiger partial charge on any atom is -0.495 e. The summed E-state index contributed by atoms with van der Waals surface area (Å²) in [5.41, 5.74) is -2.23. The smallest absolute Gasteiger partial charge is 0.495 e. The van der Waals surface area contributed by atoms with Crippen molar-refractivity contribution in [2.75, 3.05) is 20.3 Å². The molecule has 0 bridgehead atoms. The molecule has 0 N–H and O–H groups in total. The predicted molar refractivity (Wildman–Crippen MR) is 161 cm³/mol. The first-order valence-corrected chi connectivity index (χ1v) is 18.5. The molecule has 0 amide bonds. The number of Topliss-reactive ketones (excluding diaryl/α,β-unsaturated/α-hetero) is 1. The van der Waals surface area contributed by atoms with Crippen LogP contribution in [0, 0.1) is 19.3 Å². The topological polar surface area (TPSA) is 124 Å². The van der Waals surface area contributed by atoms with Crippen molar-refractivity contribution >= 4 is 66.8 Å². The van der Waals surface area contributed by atoms with Crippen LogP contribution in [0.25, 0.3) is 0 Å². The molecule has 1 spiro atoms. The van der Waals surface area contributed by atoms with E-state index in [1.165, 1.54) is 14.0 Å². The zero-order valence-corrected chi connectivity index (χ0v) is 28.8. The molecule has 14 heteroatoms. The van der Waals surface area contributed by atoms with Crippen molar-refractivity contribution in [2.45, 2.75) is 81.9 Å². The SMILES string of the molecule is COc1c(C)c2c(c(C)c1C(=O)OCC(Cl)(Cl)Cl)C[C@@]1(C)C(=O)C(C(=O)OCC[Si](C)(C)C)=C(C)[C@@]3(C)OC(=O)O[C@@]13O2. The molecule has 4 rings (SSSR count). The van der Waals surface area contributed by atoms with Crippen LogP contribution in [0.2, 0.25) is 25.7 Å². The van der Waals surface area contributed by atoms with Gasteiger partial charge in [-0.1, -0.05) is 54.4 Å². The molecule has 43 heavy (non-hydrogen) atoms. The maximum atomic E-state index is 14.4. The average molecular weight is 678 g/mol. The van der Waals surface area contributed by atoms with Gasteiger partial charge in [-0.25, -0.2) is 14.4 Å². The maximum absolute atomic E-state index is 14.4. The summed E-state index contributed by atoms with van der Waals surface area (Å²) in [6, 6.07) is 0.698. The van der Waals surface area contributed by atoms with E-state index in [-0.39, 0.29) is 41.2 Å². The number of ether oxygens (including phenoxy) is 6. The summed E-state index contributed by atoms with van der Waals surface area (Å²) in [6.45, 7) is 13.9. The normalized spacial score (nSPS) is 26.4. The van der Waals surface area contributed by atoms with Crippen LogP contribution in [0.15, 0.2) is 11.1 Å². The minimum absolute atomic E-state index is 0.0412. The van der Waals surface area contributed by atoms with Gasteiger partial charge in [-0.15, -0.1) is 0 Å². The Labute approximate surface area is 266 Å². The van der Waals surface area contributed by atoms with Crippen LogP contribution in [0.1, 0.15) is 47.8 Å². The fourth-order valence-corrected chi connectivity index (χ4v) is 6.92. The van der Waals surface area contributed by atoms with Crippen molar-refractivity contribution in [3.63, 3.8) is 0 Å². The van der Waals surface area contributed by atoms with Gasteiger partial charge in [0.15, 0.2) is 5.78 Å². The lowest BCUT2D eigenvalue weighted by atomic mass is 9.57. The van der Waals surface area contributed by atoms with Crippen LogP contribution in [0.4, 0.5) is 4.79 Å². The largest absolute Gasteiger partial charge is 0.512 e. The Morgan fingerprint density at radius 3 is 2.14 bits per heavy atom. The molecule has 3 aliphatic rings. The second-order valence-corrected chi connectivity index (χ2v) is 20.8. The highest BCUT2D eigenvalue weighted by Gasteiger charge is 2.79. The van der Waals surface area contributed by atoms with E-state index < -0.39 is 59.2 Å². The van der Waals surface area contributed by atoms with E-state index in [0.29, 0.717) is 22.7 Å². The Kier molecular flexibility index (Phi) is 8.43. The fourth-order valence-electron chi connectivity index (χ4n) is 6.04. The van der Waals surface area contributed by atoms with E-state index in [2.05, 4.69) is 19.6 Å². The van der Waals surface area contributed by atoms with Crippen molar-refractivity contribution in [3.05, 3.63) is 33.4 Å². The fraction of sp³-hybridized carbons (Fsp3) is 0.586. The molecule has 0 saturated carbocycles. The molecule has 2 heterocycles. The van der Waals surface area contributed by atoms with Gasteiger partial charge in [0.25, 0.3) is 0 Å². The first-order valence-electron chi connectivity index (χ1n) is 13.6. The first-order chi connectivity index (χ1) is 19.6. The Morgan fingerprint density at radius 1 is 0.953 bits per heavy atom. The molecule has 3 atom stereocenters. The zero-order valence-electron chi connectivity index (χ0n) is 25.5. The number of hydrogen-bond donors (Lipinski definition) is 0. The second-order valence-electron chi connectivity index (χ2n) is 12.6. The van der Waals surface area contributed by atoms with Crippen molar-refractivity contribution < 1.29 is 47.6 Å². The van der Waals surface area contributed by atoms with E-state index in [4.69, 9.17) is 63.2 Å². The van der Waals surface area contributed by atoms with Crippen molar-refractivity contribution in [3.8, 4) is 11.5 Å². The molecule has 1 aromatic carbocycles. The number of alkyl halides is 3. The van der Waals surface area contributed by atoms with Gasteiger partial charge < -0.3 is 28.4 Å². The Balaban J connectivity index is 1.88. The number of benzene rings is 1. The summed E-state index contributed by atoms with van der Waals surface area (Å²) in [7, 11) is -0.179. The number of fused-ring (bicyclic) bond motifs is 1. The summed E-state index contributed by atoms with van der Waals surface area (Å²) in [6.07, 6.45) is -1.17. The Hall–Kier alpha value is -2.47. The van der Waals surface area contributed by atoms with Crippen LogP contribution in [-0.4, -0.2) is 67.5 Å².